The molecule has 1 aliphatic rings. The highest BCUT2D eigenvalue weighted by Crippen LogP contribution is 2.33. The van der Waals surface area contributed by atoms with E-state index in [0.717, 1.165) is 46.7 Å². The van der Waals surface area contributed by atoms with Crippen molar-refractivity contribution >= 4 is 27.5 Å². The first kappa shape index (κ1) is 31.1. The zero-order valence-electron chi connectivity index (χ0n) is 24.9. The monoisotopic (exact) mass is 591 g/mol. The molecule has 0 aliphatic heterocycles. The molecule has 0 unspecified atom stereocenters. The number of para-hydroxylation sites is 2. The summed E-state index contributed by atoms with van der Waals surface area (Å²) in [6.45, 7) is 5.39. The molecule has 2 amide bonds. The average molecular weight is 592 g/mol. The number of benzene rings is 3. The smallest absolute Gasteiger partial charge is 0.264 e. The van der Waals surface area contributed by atoms with E-state index in [1.165, 1.54) is 24.1 Å². The standard InChI is InChI=1S/C33H41N3O5S/c1-5-29(33(38)34-27-10-6-7-11-27)35(22-26-18-14-24(2)15-19-26)32(37)23-36(30-12-8-9-13-31(30)41-4)42(39,40)28-20-16-25(3)17-21-28/h8-9,12-21,27,29H,5-7,10-11,22-23H2,1-4H3,(H,34,38)/t29-/m1/s1. The number of nitrogens with one attached hydrogen (secondary N) is 1. The molecule has 3 aromatic carbocycles. The molecule has 42 heavy (non-hydrogen) atoms. The number of carbonyl (C=O) groups is 2. The second-order valence-electron chi connectivity index (χ2n) is 10.9. The number of hydrogen-bond donors (Lipinski definition) is 1. The van der Waals surface area contributed by atoms with Crippen LogP contribution in [0.2, 0.25) is 0 Å². The highest BCUT2D eigenvalue weighted by molar-refractivity contribution is 7.92. The maximum absolute atomic E-state index is 14.3. The highest BCUT2D eigenvalue weighted by atomic mass is 32.2. The van der Waals surface area contributed by atoms with E-state index in [0.29, 0.717) is 12.2 Å². The largest absolute Gasteiger partial charge is 0.495 e. The molecule has 0 saturated heterocycles. The van der Waals surface area contributed by atoms with Gasteiger partial charge in [0.2, 0.25) is 11.8 Å². The summed E-state index contributed by atoms with van der Waals surface area (Å²) in [5.74, 6) is -0.377. The first-order valence-corrected chi connectivity index (χ1v) is 16.0. The van der Waals surface area contributed by atoms with Gasteiger partial charge in [0.1, 0.15) is 18.3 Å². The Bertz CT molecular complexity index is 1470. The van der Waals surface area contributed by atoms with Crippen LogP contribution in [0.5, 0.6) is 5.75 Å². The Labute approximate surface area is 249 Å². The molecule has 8 nitrogen and oxygen atoms in total. The summed E-state index contributed by atoms with van der Waals surface area (Å²) in [6.07, 6.45) is 4.36. The fourth-order valence-electron chi connectivity index (χ4n) is 5.36. The molecular weight excluding hydrogens is 550 g/mol. The minimum atomic E-state index is -4.18. The molecule has 4 rings (SSSR count). The van der Waals surface area contributed by atoms with Crippen molar-refractivity contribution in [2.24, 2.45) is 0 Å². The number of ether oxygens (including phenoxy) is 1. The van der Waals surface area contributed by atoms with Crippen molar-refractivity contribution in [3.8, 4) is 5.75 Å². The number of anilines is 1. The van der Waals surface area contributed by atoms with Crippen LogP contribution < -0.4 is 14.4 Å². The summed E-state index contributed by atoms with van der Waals surface area (Å²) in [6, 6.07) is 20.3. The minimum Gasteiger partial charge on any atom is -0.495 e. The topological polar surface area (TPSA) is 96.0 Å². The fraction of sp³-hybridized carbons (Fsp3) is 0.394. The van der Waals surface area contributed by atoms with Gasteiger partial charge in [0, 0.05) is 12.6 Å². The van der Waals surface area contributed by atoms with E-state index in [4.69, 9.17) is 4.74 Å². The zero-order valence-corrected chi connectivity index (χ0v) is 25.7. The van der Waals surface area contributed by atoms with Crippen molar-refractivity contribution in [3.63, 3.8) is 0 Å². The van der Waals surface area contributed by atoms with Gasteiger partial charge < -0.3 is 15.0 Å². The van der Waals surface area contributed by atoms with Crippen molar-refractivity contribution in [1.29, 1.82) is 0 Å². The molecule has 1 saturated carbocycles. The normalized spacial score (nSPS) is 14.3. The van der Waals surface area contributed by atoms with Gasteiger partial charge in [0.05, 0.1) is 17.7 Å². The van der Waals surface area contributed by atoms with Crippen molar-refractivity contribution in [3.05, 3.63) is 89.5 Å². The average Bonchev–Trinajstić information content (AvgIpc) is 3.50. The molecule has 0 radical (unpaired) electrons. The van der Waals surface area contributed by atoms with E-state index >= 15 is 0 Å². The van der Waals surface area contributed by atoms with Crippen molar-refractivity contribution < 1.29 is 22.7 Å². The van der Waals surface area contributed by atoms with E-state index in [1.807, 2.05) is 45.0 Å². The summed E-state index contributed by atoms with van der Waals surface area (Å²) in [4.78, 5) is 29.4. The molecular formula is C33H41N3O5S. The third-order valence-corrected chi connectivity index (χ3v) is 9.58. The molecule has 9 heteroatoms. The van der Waals surface area contributed by atoms with Crippen LogP contribution in [0.1, 0.15) is 55.7 Å². The molecule has 1 fully saturated rings. The van der Waals surface area contributed by atoms with Crippen molar-refractivity contribution in [2.75, 3.05) is 18.0 Å². The zero-order chi connectivity index (χ0) is 30.3. The van der Waals surface area contributed by atoms with Crippen LogP contribution >= 0.6 is 0 Å². The summed E-state index contributed by atoms with van der Waals surface area (Å²) in [7, 11) is -2.72. The van der Waals surface area contributed by atoms with Gasteiger partial charge in [-0.05, 0) is 62.9 Å². The molecule has 224 valence electrons. The van der Waals surface area contributed by atoms with E-state index < -0.39 is 28.5 Å². The number of nitrogens with zero attached hydrogens (tertiary/aromatic N) is 2. The molecule has 0 bridgehead atoms. The van der Waals surface area contributed by atoms with Crippen molar-refractivity contribution in [1.82, 2.24) is 10.2 Å². The molecule has 1 atom stereocenters. The van der Waals surface area contributed by atoms with Gasteiger partial charge in [-0.2, -0.15) is 0 Å². The van der Waals surface area contributed by atoms with Crippen LogP contribution in [0.15, 0.2) is 77.7 Å². The molecule has 3 aromatic rings. The van der Waals surface area contributed by atoms with Crippen LogP contribution in [0.25, 0.3) is 0 Å². The Morgan fingerprint density at radius 1 is 0.929 bits per heavy atom. The predicted molar refractivity (Wildman–Crippen MR) is 165 cm³/mol. The SMILES string of the molecule is CC[C@H](C(=O)NC1CCCC1)N(Cc1ccc(C)cc1)C(=O)CN(c1ccccc1OC)S(=O)(=O)c1ccc(C)cc1. The van der Waals surface area contributed by atoms with Crippen LogP contribution in [-0.2, 0) is 26.2 Å². The van der Waals surface area contributed by atoms with Gasteiger partial charge in [0.15, 0.2) is 0 Å². The summed E-state index contributed by atoms with van der Waals surface area (Å²) in [5.41, 5.74) is 3.09. The summed E-state index contributed by atoms with van der Waals surface area (Å²) >= 11 is 0. The second kappa shape index (κ2) is 13.9. The number of carbonyl (C=O) groups excluding carboxylic acids is 2. The Hall–Kier alpha value is -3.85. The Morgan fingerprint density at radius 2 is 1.52 bits per heavy atom. The van der Waals surface area contributed by atoms with Crippen LogP contribution in [0.3, 0.4) is 0 Å². The molecule has 0 heterocycles. The van der Waals surface area contributed by atoms with E-state index in [-0.39, 0.29) is 29.1 Å². The predicted octanol–water partition coefficient (Wildman–Crippen LogP) is 5.37. The molecule has 1 aliphatic carbocycles. The summed E-state index contributed by atoms with van der Waals surface area (Å²) in [5, 5.41) is 3.14. The van der Waals surface area contributed by atoms with Gasteiger partial charge in [-0.1, -0.05) is 79.4 Å². The Morgan fingerprint density at radius 3 is 2.12 bits per heavy atom. The van der Waals surface area contributed by atoms with Crippen molar-refractivity contribution in [2.45, 2.75) is 76.4 Å². The van der Waals surface area contributed by atoms with Gasteiger partial charge >= 0.3 is 0 Å². The summed E-state index contributed by atoms with van der Waals surface area (Å²) < 4.78 is 34.8. The van der Waals surface area contributed by atoms with E-state index in [9.17, 15) is 18.0 Å². The lowest BCUT2D eigenvalue weighted by molar-refractivity contribution is -0.140. The number of amides is 2. The number of sulfonamides is 1. The molecule has 1 N–H and O–H groups in total. The third kappa shape index (κ3) is 7.31. The second-order valence-corrected chi connectivity index (χ2v) is 12.8. The van der Waals surface area contributed by atoms with Gasteiger partial charge in [0.25, 0.3) is 10.0 Å². The molecule has 0 spiro atoms. The number of hydrogen-bond acceptors (Lipinski definition) is 5. The van der Waals surface area contributed by atoms with Crippen LogP contribution in [0.4, 0.5) is 5.69 Å². The third-order valence-electron chi connectivity index (χ3n) is 7.80. The lowest BCUT2D eigenvalue weighted by atomic mass is 10.1. The Kier molecular flexibility index (Phi) is 10.3. The Balaban J connectivity index is 1.74. The van der Waals surface area contributed by atoms with Crippen LogP contribution in [-0.4, -0.2) is 50.9 Å². The van der Waals surface area contributed by atoms with Gasteiger partial charge in [-0.15, -0.1) is 0 Å². The fourth-order valence-corrected chi connectivity index (χ4v) is 6.79. The quantitative estimate of drug-likeness (QED) is 0.305. The van der Waals surface area contributed by atoms with Gasteiger partial charge in [-0.25, -0.2) is 8.42 Å². The van der Waals surface area contributed by atoms with E-state index in [2.05, 4.69) is 5.32 Å². The maximum atomic E-state index is 14.3. The van der Waals surface area contributed by atoms with Crippen LogP contribution in [0, 0.1) is 13.8 Å². The minimum absolute atomic E-state index is 0.0582. The first-order valence-electron chi connectivity index (χ1n) is 14.5. The highest BCUT2D eigenvalue weighted by Gasteiger charge is 2.35. The number of rotatable bonds is 12. The number of methoxy groups -OCH3 is 1. The first-order chi connectivity index (χ1) is 20.1. The molecule has 0 aromatic heterocycles. The maximum Gasteiger partial charge on any atom is 0.264 e. The lowest BCUT2D eigenvalue weighted by Crippen LogP contribution is -2.53. The van der Waals surface area contributed by atoms with Gasteiger partial charge in [-0.3, -0.25) is 13.9 Å². The van der Waals surface area contributed by atoms with E-state index in [1.54, 1.807) is 36.4 Å². The lowest BCUT2D eigenvalue weighted by Gasteiger charge is -2.34. The number of aryl methyl sites for hydroxylation is 2.